The molecule has 2 aromatic rings. The number of aromatic nitrogens is 2. The summed E-state index contributed by atoms with van der Waals surface area (Å²) in [6, 6.07) is 7.27. The predicted octanol–water partition coefficient (Wildman–Crippen LogP) is 3.24. The van der Waals surface area contributed by atoms with Crippen molar-refractivity contribution in [3.8, 4) is 0 Å². The number of amides is 2. The van der Waals surface area contributed by atoms with Gasteiger partial charge in [-0.25, -0.2) is 0 Å². The highest BCUT2D eigenvalue weighted by Crippen LogP contribution is 2.53. The van der Waals surface area contributed by atoms with Gasteiger partial charge >= 0.3 is 0 Å². The first-order valence-corrected chi connectivity index (χ1v) is 9.98. The van der Waals surface area contributed by atoms with Crippen LogP contribution in [0.15, 0.2) is 61.2 Å². The SMILES string of the molecule is CC1(C)C(NC(=O)/C=C\c2cccnc2)C(C)(C)C1NC(=O)/C=C/c1cccnc1. The van der Waals surface area contributed by atoms with Crippen LogP contribution >= 0.6 is 0 Å². The van der Waals surface area contributed by atoms with Crippen LogP contribution in [-0.2, 0) is 9.59 Å². The minimum absolute atomic E-state index is 0.0800. The van der Waals surface area contributed by atoms with Gasteiger partial charge in [-0.2, -0.15) is 0 Å². The highest BCUT2D eigenvalue weighted by Gasteiger charge is 2.62. The lowest BCUT2D eigenvalue weighted by atomic mass is 9.48. The summed E-state index contributed by atoms with van der Waals surface area (Å²) in [7, 11) is 0. The van der Waals surface area contributed by atoms with Gasteiger partial charge in [-0.3, -0.25) is 19.6 Å². The Kier molecular flexibility index (Phi) is 6.15. The molecular weight excluding hydrogens is 376 g/mol. The van der Waals surface area contributed by atoms with E-state index in [2.05, 4.69) is 48.3 Å². The van der Waals surface area contributed by atoms with E-state index in [1.807, 2.05) is 24.3 Å². The number of hydrogen-bond donors (Lipinski definition) is 2. The molecule has 1 aliphatic rings. The van der Waals surface area contributed by atoms with E-state index in [1.165, 1.54) is 12.2 Å². The standard InChI is InChI=1S/C24H28N4O2/c1-23(2)21(27-19(29)11-9-17-7-5-13-25-15-17)24(3,4)22(23)28-20(30)12-10-18-8-6-14-26-16-18/h5-16,21-22H,1-4H3,(H,27,29)(H,28,30)/b11-9-,12-10+. The van der Waals surface area contributed by atoms with Gasteiger partial charge in [0.15, 0.2) is 0 Å². The maximum Gasteiger partial charge on any atom is 0.244 e. The molecule has 0 bridgehead atoms. The number of hydrogen-bond acceptors (Lipinski definition) is 4. The van der Waals surface area contributed by atoms with Gasteiger partial charge in [-0.1, -0.05) is 39.8 Å². The van der Waals surface area contributed by atoms with E-state index in [0.29, 0.717) is 0 Å². The second kappa shape index (κ2) is 8.61. The fourth-order valence-electron chi connectivity index (χ4n) is 4.57. The van der Waals surface area contributed by atoms with Crippen molar-refractivity contribution < 1.29 is 9.59 Å². The fourth-order valence-corrected chi connectivity index (χ4v) is 4.57. The number of carbonyl (C=O) groups excluding carboxylic acids is 2. The Balaban J connectivity index is 1.61. The zero-order chi connectivity index (χ0) is 21.8. The van der Waals surface area contributed by atoms with Gasteiger partial charge in [0.05, 0.1) is 0 Å². The molecule has 0 spiro atoms. The first kappa shape index (κ1) is 21.4. The number of pyridine rings is 2. The topological polar surface area (TPSA) is 84.0 Å². The molecule has 2 amide bonds. The van der Waals surface area contributed by atoms with Gasteiger partial charge < -0.3 is 10.6 Å². The second-order valence-electron chi connectivity index (χ2n) is 8.77. The van der Waals surface area contributed by atoms with Crippen LogP contribution in [0.1, 0.15) is 38.8 Å². The largest absolute Gasteiger partial charge is 0.349 e. The molecule has 1 aliphatic carbocycles. The summed E-state index contributed by atoms with van der Waals surface area (Å²) in [6.07, 6.45) is 13.3. The van der Waals surface area contributed by atoms with Crippen molar-refractivity contribution in [2.45, 2.75) is 39.8 Å². The number of nitrogens with zero attached hydrogens (tertiary/aromatic N) is 2. The molecule has 1 saturated carbocycles. The summed E-state index contributed by atoms with van der Waals surface area (Å²) in [5.41, 5.74) is 1.15. The van der Waals surface area contributed by atoms with Crippen LogP contribution in [0.5, 0.6) is 0 Å². The molecule has 0 unspecified atom stereocenters. The molecule has 6 nitrogen and oxygen atoms in total. The Morgan fingerprint density at radius 3 is 1.53 bits per heavy atom. The molecule has 2 heterocycles. The van der Waals surface area contributed by atoms with E-state index in [-0.39, 0.29) is 34.7 Å². The molecule has 0 saturated heterocycles. The van der Waals surface area contributed by atoms with Gasteiger partial charge in [0, 0.05) is 59.9 Å². The van der Waals surface area contributed by atoms with Crippen LogP contribution in [0.25, 0.3) is 12.2 Å². The van der Waals surface area contributed by atoms with Gasteiger partial charge in [-0.05, 0) is 35.4 Å². The average Bonchev–Trinajstić information content (AvgIpc) is 2.74. The van der Waals surface area contributed by atoms with Crippen LogP contribution in [0.4, 0.5) is 0 Å². The lowest BCUT2D eigenvalue weighted by Crippen LogP contribution is -2.77. The zero-order valence-electron chi connectivity index (χ0n) is 17.8. The third-order valence-electron chi connectivity index (χ3n) is 5.77. The molecule has 0 radical (unpaired) electrons. The molecule has 2 N–H and O–H groups in total. The summed E-state index contributed by atoms with van der Waals surface area (Å²) in [6.45, 7) is 8.24. The van der Waals surface area contributed by atoms with Crippen molar-refractivity contribution in [2.24, 2.45) is 10.8 Å². The Morgan fingerprint density at radius 1 is 0.800 bits per heavy atom. The van der Waals surface area contributed by atoms with Crippen molar-refractivity contribution in [1.29, 1.82) is 0 Å². The molecule has 0 aromatic carbocycles. The van der Waals surface area contributed by atoms with E-state index in [9.17, 15) is 9.59 Å². The first-order chi connectivity index (χ1) is 14.2. The van der Waals surface area contributed by atoms with Crippen molar-refractivity contribution in [3.05, 3.63) is 72.3 Å². The van der Waals surface area contributed by atoms with E-state index in [4.69, 9.17) is 0 Å². The first-order valence-electron chi connectivity index (χ1n) is 9.98. The lowest BCUT2D eigenvalue weighted by molar-refractivity contribution is -0.137. The van der Waals surface area contributed by atoms with Crippen molar-refractivity contribution >= 4 is 24.0 Å². The Morgan fingerprint density at radius 2 is 1.20 bits per heavy atom. The molecule has 0 aliphatic heterocycles. The van der Waals surface area contributed by atoms with Gasteiger partial charge in [-0.15, -0.1) is 0 Å². The minimum Gasteiger partial charge on any atom is -0.349 e. The summed E-state index contributed by atoms with van der Waals surface area (Å²) in [4.78, 5) is 33.0. The molecule has 3 rings (SSSR count). The third kappa shape index (κ3) is 4.64. The number of carbonyl (C=O) groups is 2. The van der Waals surface area contributed by atoms with Gasteiger partial charge in [0.2, 0.25) is 11.8 Å². The predicted molar refractivity (Wildman–Crippen MR) is 118 cm³/mol. The van der Waals surface area contributed by atoms with Crippen LogP contribution in [0.3, 0.4) is 0 Å². The zero-order valence-corrected chi connectivity index (χ0v) is 17.8. The number of nitrogens with one attached hydrogen (secondary N) is 2. The van der Waals surface area contributed by atoms with Crippen molar-refractivity contribution in [2.75, 3.05) is 0 Å². The van der Waals surface area contributed by atoms with E-state index < -0.39 is 0 Å². The molecule has 1 fully saturated rings. The molecular formula is C24H28N4O2. The van der Waals surface area contributed by atoms with Crippen LogP contribution in [0, 0.1) is 10.8 Å². The Bertz CT molecular complexity index is 858. The summed E-state index contributed by atoms with van der Waals surface area (Å²) < 4.78 is 0. The third-order valence-corrected chi connectivity index (χ3v) is 5.77. The summed E-state index contributed by atoms with van der Waals surface area (Å²) in [5, 5.41) is 6.21. The second-order valence-corrected chi connectivity index (χ2v) is 8.77. The minimum atomic E-state index is -0.293. The summed E-state index contributed by atoms with van der Waals surface area (Å²) >= 11 is 0. The normalized spacial score (nSPS) is 21.9. The molecule has 0 atom stereocenters. The van der Waals surface area contributed by atoms with E-state index in [1.54, 1.807) is 36.9 Å². The number of rotatable bonds is 6. The molecule has 2 aromatic heterocycles. The van der Waals surface area contributed by atoms with Crippen LogP contribution in [-0.4, -0.2) is 33.9 Å². The van der Waals surface area contributed by atoms with E-state index in [0.717, 1.165) is 11.1 Å². The smallest absolute Gasteiger partial charge is 0.244 e. The Labute approximate surface area is 177 Å². The monoisotopic (exact) mass is 404 g/mol. The van der Waals surface area contributed by atoms with Gasteiger partial charge in [0.25, 0.3) is 0 Å². The summed E-state index contributed by atoms with van der Waals surface area (Å²) in [5.74, 6) is -0.322. The lowest BCUT2D eigenvalue weighted by Gasteiger charge is -2.64. The van der Waals surface area contributed by atoms with Crippen LogP contribution < -0.4 is 10.6 Å². The van der Waals surface area contributed by atoms with E-state index >= 15 is 0 Å². The maximum absolute atomic E-state index is 12.5. The molecule has 156 valence electrons. The Hall–Kier alpha value is -3.28. The van der Waals surface area contributed by atoms with Crippen LogP contribution in [0.2, 0.25) is 0 Å². The molecule has 6 heteroatoms. The fraction of sp³-hybridized carbons (Fsp3) is 0.333. The quantitative estimate of drug-likeness (QED) is 0.724. The maximum atomic E-state index is 12.5. The van der Waals surface area contributed by atoms with Gasteiger partial charge in [0.1, 0.15) is 0 Å². The highest BCUT2D eigenvalue weighted by molar-refractivity contribution is 5.93. The van der Waals surface area contributed by atoms with Crippen molar-refractivity contribution in [3.63, 3.8) is 0 Å². The van der Waals surface area contributed by atoms with Crippen molar-refractivity contribution in [1.82, 2.24) is 20.6 Å². The molecule has 30 heavy (non-hydrogen) atoms. The highest BCUT2D eigenvalue weighted by atomic mass is 16.2. The average molecular weight is 405 g/mol.